The van der Waals surface area contributed by atoms with E-state index in [1.165, 1.54) is 17.2 Å². The van der Waals surface area contributed by atoms with Gasteiger partial charge in [-0.15, -0.1) is 0 Å². The first-order valence-electron chi connectivity index (χ1n) is 15.5. The van der Waals surface area contributed by atoms with Gasteiger partial charge in [0.05, 0.1) is 18.9 Å². The Bertz CT molecular complexity index is 1410. The minimum absolute atomic E-state index is 0.236. The van der Waals surface area contributed by atoms with Crippen molar-refractivity contribution < 1.29 is 18.7 Å². The van der Waals surface area contributed by atoms with Gasteiger partial charge in [0.1, 0.15) is 11.9 Å². The van der Waals surface area contributed by atoms with Crippen molar-refractivity contribution in [3.63, 3.8) is 0 Å². The number of piperidine rings is 1. The van der Waals surface area contributed by atoms with E-state index in [9.17, 15) is 9.59 Å². The molecule has 1 N–H and O–H groups in total. The van der Waals surface area contributed by atoms with Crippen molar-refractivity contribution in [2.75, 3.05) is 55.7 Å². The third-order valence-corrected chi connectivity index (χ3v) is 9.29. The number of hydrogen-bond donors (Lipinski definition) is 1. The summed E-state index contributed by atoms with van der Waals surface area (Å²) < 4.78 is 20.9. The van der Waals surface area contributed by atoms with E-state index in [-0.39, 0.29) is 17.6 Å². The summed E-state index contributed by atoms with van der Waals surface area (Å²) in [6.45, 7) is 9.70. The molecule has 6 rings (SSSR count). The van der Waals surface area contributed by atoms with Crippen LogP contribution in [0.3, 0.4) is 0 Å². The van der Waals surface area contributed by atoms with E-state index in [1.54, 1.807) is 42.2 Å². The van der Waals surface area contributed by atoms with E-state index in [1.807, 2.05) is 17.0 Å². The molecule has 0 aromatic heterocycles. The molecular formula is C35H41FN4O3. The molecule has 3 fully saturated rings. The molecule has 2 aliphatic heterocycles. The van der Waals surface area contributed by atoms with Crippen molar-refractivity contribution in [1.29, 1.82) is 0 Å². The maximum Gasteiger partial charge on any atom is 0.251 e. The standard InChI is InChI=1S/C35H41FN4O3/c1-3-25-9-11-26(12-10-25)20-38-21-29-30(22-38)31(29)23-40(35(42)24(2)37-34(41)27-7-5-4-6-8-27)28-13-14-33(32(36)19-28)39-15-17-43-18-16-39/h4-14,19,24,29-31H,3,15-18,20-23H2,1-2H3,(H,37,41). The van der Waals surface area contributed by atoms with E-state index >= 15 is 4.39 Å². The van der Waals surface area contributed by atoms with Crippen molar-refractivity contribution in [3.8, 4) is 0 Å². The van der Waals surface area contributed by atoms with Gasteiger partial charge in [-0.25, -0.2) is 4.39 Å². The summed E-state index contributed by atoms with van der Waals surface area (Å²) in [6, 6.07) is 22.0. The molecule has 3 aromatic rings. The predicted molar refractivity (Wildman–Crippen MR) is 167 cm³/mol. The van der Waals surface area contributed by atoms with Gasteiger partial charge in [0.2, 0.25) is 5.91 Å². The molecule has 8 heteroatoms. The summed E-state index contributed by atoms with van der Waals surface area (Å²) in [5.41, 5.74) is 4.22. The summed E-state index contributed by atoms with van der Waals surface area (Å²) in [4.78, 5) is 32.9. The van der Waals surface area contributed by atoms with Crippen LogP contribution in [-0.2, 0) is 22.5 Å². The Morgan fingerprint density at radius 1 is 0.977 bits per heavy atom. The van der Waals surface area contributed by atoms with Crippen LogP contribution in [0.15, 0.2) is 72.8 Å². The monoisotopic (exact) mass is 584 g/mol. The van der Waals surface area contributed by atoms with Crippen LogP contribution in [0.1, 0.15) is 35.3 Å². The molecule has 0 bridgehead atoms. The molecule has 7 nitrogen and oxygen atoms in total. The molecule has 3 aromatic carbocycles. The lowest BCUT2D eigenvalue weighted by molar-refractivity contribution is -0.120. The number of hydrogen-bond acceptors (Lipinski definition) is 5. The van der Waals surface area contributed by atoms with Gasteiger partial charge in [-0.1, -0.05) is 49.4 Å². The number of carbonyl (C=O) groups is 2. The first kappa shape index (κ1) is 29.3. The molecule has 1 aliphatic carbocycles. The Kier molecular flexibility index (Phi) is 8.77. The number of benzene rings is 3. The number of aryl methyl sites for hydroxylation is 1. The third-order valence-electron chi connectivity index (χ3n) is 9.29. The fourth-order valence-electron chi connectivity index (χ4n) is 6.70. The summed E-state index contributed by atoms with van der Waals surface area (Å²) in [5, 5.41) is 2.86. The zero-order valence-electron chi connectivity index (χ0n) is 25.0. The second-order valence-electron chi connectivity index (χ2n) is 12.1. The molecule has 2 amide bonds. The van der Waals surface area contributed by atoms with Crippen LogP contribution in [0.4, 0.5) is 15.8 Å². The zero-order chi connectivity index (χ0) is 29.9. The molecular weight excluding hydrogens is 543 g/mol. The van der Waals surface area contributed by atoms with Crippen LogP contribution < -0.4 is 15.1 Å². The molecule has 2 saturated heterocycles. The van der Waals surface area contributed by atoms with Crippen LogP contribution in [0, 0.1) is 23.6 Å². The molecule has 0 spiro atoms. The normalized spacial score (nSPS) is 22.1. The second-order valence-corrected chi connectivity index (χ2v) is 12.1. The van der Waals surface area contributed by atoms with Gasteiger partial charge >= 0.3 is 0 Å². The molecule has 3 aliphatic rings. The summed E-state index contributed by atoms with van der Waals surface area (Å²) in [5.74, 6) is 0.478. The minimum atomic E-state index is -0.768. The second kappa shape index (κ2) is 12.9. The van der Waals surface area contributed by atoms with Crippen molar-refractivity contribution in [3.05, 3.63) is 95.3 Å². The number of nitrogens with zero attached hydrogens (tertiary/aromatic N) is 3. The molecule has 3 atom stereocenters. The minimum Gasteiger partial charge on any atom is -0.378 e. The van der Waals surface area contributed by atoms with Crippen LogP contribution >= 0.6 is 0 Å². The number of nitrogens with one attached hydrogen (secondary N) is 1. The lowest BCUT2D eigenvalue weighted by atomic mass is 10.1. The van der Waals surface area contributed by atoms with Crippen LogP contribution in [0.2, 0.25) is 0 Å². The summed E-state index contributed by atoms with van der Waals surface area (Å²) >= 11 is 0. The number of halogens is 1. The average Bonchev–Trinajstić information content (AvgIpc) is 3.48. The lowest BCUT2D eigenvalue weighted by Crippen LogP contribution is -2.48. The number of fused-ring (bicyclic) bond motifs is 1. The van der Waals surface area contributed by atoms with Crippen LogP contribution in [0.25, 0.3) is 0 Å². The first-order valence-corrected chi connectivity index (χ1v) is 15.5. The molecule has 226 valence electrons. The van der Waals surface area contributed by atoms with E-state index in [2.05, 4.69) is 41.4 Å². The number of amides is 2. The fourth-order valence-corrected chi connectivity index (χ4v) is 6.70. The first-order chi connectivity index (χ1) is 20.9. The third kappa shape index (κ3) is 6.60. The number of rotatable bonds is 10. The van der Waals surface area contributed by atoms with Gasteiger partial charge in [0.25, 0.3) is 5.91 Å². The highest BCUT2D eigenvalue weighted by molar-refractivity contribution is 6.02. The number of anilines is 2. The van der Waals surface area contributed by atoms with Gasteiger partial charge in [-0.2, -0.15) is 0 Å². The number of ether oxygens (including phenoxy) is 1. The van der Waals surface area contributed by atoms with Crippen molar-refractivity contribution >= 4 is 23.2 Å². The largest absolute Gasteiger partial charge is 0.378 e. The molecule has 2 heterocycles. The number of carbonyl (C=O) groups excluding carboxylic acids is 2. The van der Waals surface area contributed by atoms with E-state index in [0.717, 1.165) is 26.1 Å². The number of morpholine rings is 1. The highest BCUT2D eigenvalue weighted by Gasteiger charge is 2.56. The Labute approximate surface area is 253 Å². The van der Waals surface area contributed by atoms with Gasteiger partial charge in [0.15, 0.2) is 0 Å². The van der Waals surface area contributed by atoms with Crippen molar-refractivity contribution in [1.82, 2.24) is 10.2 Å². The fraction of sp³-hybridized carbons (Fsp3) is 0.429. The topological polar surface area (TPSA) is 65.1 Å². The maximum absolute atomic E-state index is 15.5. The van der Waals surface area contributed by atoms with Crippen LogP contribution in [0.5, 0.6) is 0 Å². The van der Waals surface area contributed by atoms with Gasteiger partial charge in [-0.05, 0) is 72.6 Å². The van der Waals surface area contributed by atoms with E-state index in [0.29, 0.717) is 67.5 Å². The Hall–Kier alpha value is -3.75. The Morgan fingerprint density at radius 2 is 1.65 bits per heavy atom. The molecule has 1 saturated carbocycles. The maximum atomic E-state index is 15.5. The highest BCUT2D eigenvalue weighted by atomic mass is 19.1. The van der Waals surface area contributed by atoms with Gasteiger partial charge in [0, 0.05) is 50.5 Å². The zero-order valence-corrected chi connectivity index (χ0v) is 25.0. The van der Waals surface area contributed by atoms with Crippen molar-refractivity contribution in [2.24, 2.45) is 17.8 Å². The quantitative estimate of drug-likeness (QED) is 0.373. The Morgan fingerprint density at radius 3 is 2.30 bits per heavy atom. The molecule has 0 radical (unpaired) electrons. The molecule has 3 unspecified atom stereocenters. The SMILES string of the molecule is CCc1ccc(CN2CC3C(C2)C3CN(C(=O)C(C)NC(=O)c2ccccc2)c2ccc(N3CCOCC3)c(F)c2)cc1. The van der Waals surface area contributed by atoms with Gasteiger partial charge in [-0.3, -0.25) is 14.5 Å². The average molecular weight is 585 g/mol. The Balaban J connectivity index is 1.15. The number of likely N-dealkylation sites (tertiary alicyclic amines) is 1. The highest BCUT2D eigenvalue weighted by Crippen LogP contribution is 2.52. The van der Waals surface area contributed by atoms with E-state index in [4.69, 9.17) is 4.74 Å². The van der Waals surface area contributed by atoms with Crippen LogP contribution in [-0.4, -0.2) is 68.7 Å². The predicted octanol–water partition coefficient (Wildman–Crippen LogP) is 4.75. The lowest BCUT2D eigenvalue weighted by Gasteiger charge is -2.31. The van der Waals surface area contributed by atoms with E-state index < -0.39 is 6.04 Å². The summed E-state index contributed by atoms with van der Waals surface area (Å²) in [6.07, 6.45) is 1.04. The molecule has 43 heavy (non-hydrogen) atoms. The smallest absolute Gasteiger partial charge is 0.251 e. The van der Waals surface area contributed by atoms with Crippen molar-refractivity contribution in [2.45, 2.75) is 32.9 Å². The van der Waals surface area contributed by atoms with Gasteiger partial charge < -0.3 is 19.9 Å². The summed E-state index contributed by atoms with van der Waals surface area (Å²) in [7, 11) is 0.